The van der Waals surface area contributed by atoms with E-state index in [1.165, 1.54) is 23.1 Å². The highest BCUT2D eigenvalue weighted by Crippen LogP contribution is 2.22. The summed E-state index contributed by atoms with van der Waals surface area (Å²) < 4.78 is 12.7. The van der Waals surface area contributed by atoms with Crippen molar-refractivity contribution in [2.24, 2.45) is 7.05 Å². The summed E-state index contributed by atoms with van der Waals surface area (Å²) in [5.41, 5.74) is 1.31. The molecule has 4 aromatic rings. The van der Waals surface area contributed by atoms with Crippen LogP contribution in [0.25, 0.3) is 0 Å². The van der Waals surface area contributed by atoms with Gasteiger partial charge in [-0.05, 0) is 24.3 Å². The van der Waals surface area contributed by atoms with Gasteiger partial charge in [0.25, 0.3) is 0 Å². The highest BCUT2D eigenvalue weighted by atomic mass is 32.2. The van der Waals surface area contributed by atoms with Gasteiger partial charge in [0.1, 0.15) is 18.1 Å². The molecular weight excluding hydrogens is 500 g/mol. The molecule has 2 aromatic heterocycles. The molecule has 2 heterocycles. The fraction of sp³-hybridized carbons (Fsp3) is 0.208. The molecule has 0 atom stereocenters. The van der Waals surface area contributed by atoms with E-state index in [9.17, 15) is 9.59 Å². The molecule has 12 heteroatoms. The molecule has 0 saturated heterocycles. The Morgan fingerprint density at radius 1 is 1.03 bits per heavy atom. The summed E-state index contributed by atoms with van der Waals surface area (Å²) >= 11 is 2.53. The van der Waals surface area contributed by atoms with E-state index >= 15 is 0 Å². The summed E-state index contributed by atoms with van der Waals surface area (Å²) in [6.45, 7) is 0.225. The van der Waals surface area contributed by atoms with Crippen LogP contribution in [-0.4, -0.2) is 44.4 Å². The van der Waals surface area contributed by atoms with E-state index < -0.39 is 0 Å². The first-order valence-corrected chi connectivity index (χ1v) is 12.7. The minimum Gasteiger partial charge on any atom is -0.497 e. The van der Waals surface area contributed by atoms with E-state index in [-0.39, 0.29) is 30.6 Å². The molecule has 0 saturated carbocycles. The van der Waals surface area contributed by atoms with Crippen LogP contribution in [0, 0.1) is 0 Å². The summed E-state index contributed by atoms with van der Waals surface area (Å²) in [4.78, 5) is 28.9. The Hall–Kier alpha value is -3.90. The van der Waals surface area contributed by atoms with Crippen LogP contribution >= 0.6 is 23.1 Å². The van der Waals surface area contributed by atoms with Crippen molar-refractivity contribution in [2.75, 3.05) is 23.5 Å². The number of hydrogen-bond acceptors (Lipinski definition) is 9. The molecule has 4 rings (SSSR count). The number of para-hydroxylation sites is 1. The van der Waals surface area contributed by atoms with Crippen LogP contribution in [0.15, 0.2) is 65.1 Å². The molecule has 0 unspecified atom stereocenters. The number of anilines is 2. The van der Waals surface area contributed by atoms with Gasteiger partial charge in [-0.3, -0.25) is 9.59 Å². The van der Waals surface area contributed by atoms with E-state index in [4.69, 9.17) is 9.47 Å². The number of nitrogens with zero attached hydrogens (tertiary/aromatic N) is 4. The summed E-state index contributed by atoms with van der Waals surface area (Å²) in [5.74, 6) is 1.72. The molecule has 36 heavy (non-hydrogen) atoms. The zero-order valence-electron chi connectivity index (χ0n) is 19.6. The van der Waals surface area contributed by atoms with Gasteiger partial charge in [-0.1, -0.05) is 36.0 Å². The van der Waals surface area contributed by atoms with Crippen molar-refractivity contribution in [3.63, 3.8) is 0 Å². The number of methoxy groups -OCH3 is 1. The molecule has 10 nitrogen and oxygen atoms in total. The number of rotatable bonds is 11. The van der Waals surface area contributed by atoms with Crippen molar-refractivity contribution in [2.45, 2.75) is 18.2 Å². The number of thioether (sulfide) groups is 1. The smallest absolute Gasteiger partial charge is 0.236 e. The SMILES string of the molecule is COc1cccc(OCc2nnc(SCC(=O)Nc3nc(CC(=O)Nc4ccccc4)cs3)n2C)c1. The van der Waals surface area contributed by atoms with E-state index in [0.29, 0.717) is 33.3 Å². The van der Waals surface area contributed by atoms with E-state index in [1.807, 2.05) is 55.6 Å². The second kappa shape index (κ2) is 12.2. The number of aromatic nitrogens is 4. The molecule has 2 N–H and O–H groups in total. The second-order valence-electron chi connectivity index (χ2n) is 7.50. The Kier molecular flexibility index (Phi) is 8.53. The zero-order chi connectivity index (χ0) is 25.3. The van der Waals surface area contributed by atoms with Crippen molar-refractivity contribution < 1.29 is 19.1 Å². The van der Waals surface area contributed by atoms with Gasteiger partial charge in [0.15, 0.2) is 16.1 Å². The maximum Gasteiger partial charge on any atom is 0.236 e. The maximum absolute atomic E-state index is 12.4. The summed E-state index contributed by atoms with van der Waals surface area (Å²) in [5, 5.41) is 16.7. The van der Waals surface area contributed by atoms with Crippen LogP contribution in [0.2, 0.25) is 0 Å². The second-order valence-corrected chi connectivity index (χ2v) is 9.30. The van der Waals surface area contributed by atoms with Crippen molar-refractivity contribution >= 4 is 45.7 Å². The normalized spacial score (nSPS) is 10.6. The fourth-order valence-corrected chi connectivity index (χ4v) is 4.51. The van der Waals surface area contributed by atoms with Crippen molar-refractivity contribution in [3.8, 4) is 11.5 Å². The van der Waals surface area contributed by atoms with Gasteiger partial charge in [0, 0.05) is 24.2 Å². The lowest BCUT2D eigenvalue weighted by atomic mass is 10.3. The van der Waals surface area contributed by atoms with Crippen molar-refractivity contribution in [3.05, 3.63) is 71.5 Å². The molecule has 0 aliphatic heterocycles. The van der Waals surface area contributed by atoms with Crippen LogP contribution in [0.3, 0.4) is 0 Å². The number of ether oxygens (including phenoxy) is 2. The van der Waals surface area contributed by atoms with Crippen LogP contribution < -0.4 is 20.1 Å². The Morgan fingerprint density at radius 2 is 1.83 bits per heavy atom. The predicted octanol–water partition coefficient (Wildman–Crippen LogP) is 3.77. The first-order valence-electron chi connectivity index (χ1n) is 10.9. The molecule has 2 aromatic carbocycles. The summed E-state index contributed by atoms with van der Waals surface area (Å²) in [6, 6.07) is 16.5. The van der Waals surface area contributed by atoms with Gasteiger partial charge in [0.05, 0.1) is 25.0 Å². The minimum absolute atomic E-state index is 0.121. The Balaban J connectivity index is 1.23. The third-order valence-electron chi connectivity index (χ3n) is 4.86. The Morgan fingerprint density at radius 3 is 2.64 bits per heavy atom. The number of thiazole rings is 1. The number of carbonyl (C=O) groups excluding carboxylic acids is 2. The van der Waals surface area contributed by atoms with E-state index in [1.54, 1.807) is 23.1 Å². The molecule has 0 radical (unpaired) electrons. The minimum atomic E-state index is -0.230. The van der Waals surface area contributed by atoms with Gasteiger partial charge in [-0.2, -0.15) is 0 Å². The third-order valence-corrected chi connectivity index (χ3v) is 6.69. The van der Waals surface area contributed by atoms with Crippen LogP contribution in [0.4, 0.5) is 10.8 Å². The first kappa shape index (κ1) is 25.2. The molecule has 2 amide bonds. The van der Waals surface area contributed by atoms with Gasteiger partial charge in [-0.25, -0.2) is 4.98 Å². The van der Waals surface area contributed by atoms with Crippen LogP contribution in [-0.2, 0) is 29.7 Å². The lowest BCUT2D eigenvalue weighted by Crippen LogP contribution is -2.16. The van der Waals surface area contributed by atoms with Gasteiger partial charge in [-0.15, -0.1) is 21.5 Å². The van der Waals surface area contributed by atoms with Crippen molar-refractivity contribution in [1.29, 1.82) is 0 Å². The van der Waals surface area contributed by atoms with Crippen LogP contribution in [0.1, 0.15) is 11.5 Å². The lowest BCUT2D eigenvalue weighted by molar-refractivity contribution is -0.115. The van der Waals surface area contributed by atoms with Gasteiger partial charge < -0.3 is 24.7 Å². The van der Waals surface area contributed by atoms with Gasteiger partial charge >= 0.3 is 0 Å². The molecule has 0 bridgehead atoms. The average Bonchev–Trinajstić information content (AvgIpc) is 3.47. The number of hydrogen-bond donors (Lipinski definition) is 2. The lowest BCUT2D eigenvalue weighted by Gasteiger charge is -2.08. The topological polar surface area (TPSA) is 120 Å². The Labute approximate surface area is 216 Å². The molecule has 186 valence electrons. The molecule has 0 spiro atoms. The standard InChI is InChI=1S/C24H24N6O4S2/c1-30-20(13-34-19-10-6-9-18(12-19)33-2)28-29-24(30)36-15-22(32)27-23-26-17(14-35-23)11-21(31)25-16-7-4-3-5-8-16/h3-10,12,14H,11,13,15H2,1-2H3,(H,25,31)(H,26,27,32). The summed E-state index contributed by atoms with van der Waals surface area (Å²) in [6.07, 6.45) is 0.121. The van der Waals surface area contributed by atoms with Crippen LogP contribution in [0.5, 0.6) is 11.5 Å². The highest BCUT2D eigenvalue weighted by Gasteiger charge is 2.14. The molecule has 0 aliphatic rings. The molecular formula is C24H24N6O4S2. The molecule has 0 fully saturated rings. The van der Waals surface area contributed by atoms with Crippen molar-refractivity contribution in [1.82, 2.24) is 19.7 Å². The Bertz CT molecular complexity index is 1330. The number of nitrogens with one attached hydrogen (secondary N) is 2. The maximum atomic E-state index is 12.4. The predicted molar refractivity (Wildman–Crippen MR) is 139 cm³/mol. The fourth-order valence-electron chi connectivity index (χ4n) is 3.06. The molecule has 0 aliphatic carbocycles. The quantitative estimate of drug-likeness (QED) is 0.285. The number of benzene rings is 2. The summed E-state index contributed by atoms with van der Waals surface area (Å²) in [7, 11) is 3.42. The van der Waals surface area contributed by atoms with E-state index in [2.05, 4.69) is 25.8 Å². The highest BCUT2D eigenvalue weighted by molar-refractivity contribution is 7.99. The number of amides is 2. The zero-order valence-corrected chi connectivity index (χ0v) is 21.3. The third kappa shape index (κ3) is 7.06. The average molecular weight is 525 g/mol. The monoisotopic (exact) mass is 524 g/mol. The van der Waals surface area contributed by atoms with Gasteiger partial charge in [0.2, 0.25) is 11.8 Å². The largest absolute Gasteiger partial charge is 0.497 e. The first-order chi connectivity index (χ1) is 17.5. The number of carbonyl (C=O) groups is 2. The van der Waals surface area contributed by atoms with E-state index in [0.717, 1.165) is 5.69 Å².